The van der Waals surface area contributed by atoms with Gasteiger partial charge in [-0.1, -0.05) is 12.1 Å². The smallest absolute Gasteiger partial charge is 0.264 e. The summed E-state index contributed by atoms with van der Waals surface area (Å²) >= 11 is 0. The number of aryl methyl sites for hydroxylation is 1. The van der Waals surface area contributed by atoms with Crippen LogP contribution in [0.15, 0.2) is 54.9 Å². The van der Waals surface area contributed by atoms with Crippen LogP contribution in [0.5, 0.6) is 11.5 Å². The topological polar surface area (TPSA) is 65.4 Å². The van der Waals surface area contributed by atoms with Crippen molar-refractivity contribution in [2.24, 2.45) is 0 Å². The summed E-state index contributed by atoms with van der Waals surface area (Å²) in [4.78, 5) is 16.6. The summed E-state index contributed by atoms with van der Waals surface area (Å²) in [6.07, 6.45) is 4.02. The first-order chi connectivity index (χ1) is 12.3. The predicted octanol–water partition coefficient (Wildman–Crippen LogP) is 2.38. The van der Waals surface area contributed by atoms with E-state index in [9.17, 15) is 4.79 Å². The van der Waals surface area contributed by atoms with Crippen LogP contribution in [-0.2, 0) is 11.3 Å². The van der Waals surface area contributed by atoms with Crippen LogP contribution in [0, 0.1) is 0 Å². The van der Waals surface area contributed by atoms with Crippen LogP contribution in [0.3, 0.4) is 0 Å². The van der Waals surface area contributed by atoms with Crippen molar-refractivity contribution in [3.8, 4) is 11.5 Å². The normalized spacial score (nSPS) is 15.9. The van der Waals surface area contributed by atoms with Crippen molar-refractivity contribution in [1.29, 1.82) is 0 Å². The number of nitrogens with one attached hydrogen (secondary N) is 1. The first-order valence-corrected chi connectivity index (χ1v) is 8.37. The fourth-order valence-electron chi connectivity index (χ4n) is 2.92. The molecule has 0 radical (unpaired) electrons. The number of ether oxygens (including phenoxy) is 2. The largest absolute Gasteiger partial charge is 0.485 e. The minimum absolute atomic E-state index is 0.148. The van der Waals surface area contributed by atoms with E-state index in [0.717, 1.165) is 24.0 Å². The number of hydrogen-bond donors (Lipinski definition) is 1. The number of amides is 1. The maximum absolute atomic E-state index is 12.2. The van der Waals surface area contributed by atoms with Gasteiger partial charge in [0.15, 0.2) is 11.5 Å². The van der Waals surface area contributed by atoms with Gasteiger partial charge in [0.25, 0.3) is 5.91 Å². The van der Waals surface area contributed by atoms with Gasteiger partial charge in [-0.05, 0) is 36.8 Å². The summed E-state index contributed by atoms with van der Waals surface area (Å²) in [5.41, 5.74) is 0.967. The summed E-state index contributed by atoms with van der Waals surface area (Å²) < 4.78 is 13.4. The molecule has 1 amide bonds. The lowest BCUT2D eigenvalue weighted by molar-refractivity contribution is -0.130. The minimum atomic E-state index is -0.607. The number of carbonyl (C=O) groups excluding carboxylic acids is 1. The van der Waals surface area contributed by atoms with Crippen LogP contribution in [0.4, 0.5) is 0 Å². The van der Waals surface area contributed by atoms with Crippen LogP contribution >= 0.6 is 0 Å². The molecule has 4 rings (SSSR count). The number of para-hydroxylation sites is 2. The van der Waals surface area contributed by atoms with Crippen molar-refractivity contribution >= 4 is 16.9 Å². The highest BCUT2D eigenvalue weighted by molar-refractivity contribution is 5.81. The van der Waals surface area contributed by atoms with Gasteiger partial charge in [0, 0.05) is 30.9 Å². The maximum atomic E-state index is 12.2. The fraction of sp³-hybridized carbons (Fsp3) is 0.263. The highest BCUT2D eigenvalue weighted by Gasteiger charge is 2.26. The van der Waals surface area contributed by atoms with E-state index in [1.807, 2.05) is 42.6 Å². The number of benzene rings is 1. The van der Waals surface area contributed by atoms with Crippen LogP contribution in [-0.4, -0.2) is 34.7 Å². The quantitative estimate of drug-likeness (QED) is 0.726. The second-order valence-electron chi connectivity index (χ2n) is 5.93. The standard InChI is InChI=1S/C19H19N3O3/c23-19(17-13-24-15-6-1-2-7-16(15)25-17)21-10-4-11-22-12-8-14-5-3-9-20-18(14)22/h1-3,5-9,12,17H,4,10-11,13H2,(H,21,23)/t17-/m0/s1. The Morgan fingerprint density at radius 2 is 2.08 bits per heavy atom. The number of pyridine rings is 1. The zero-order valence-electron chi connectivity index (χ0n) is 13.7. The van der Waals surface area contributed by atoms with Gasteiger partial charge in [0.2, 0.25) is 6.10 Å². The third-order valence-electron chi connectivity index (χ3n) is 4.20. The van der Waals surface area contributed by atoms with Gasteiger partial charge in [-0.2, -0.15) is 0 Å². The Labute approximate surface area is 145 Å². The van der Waals surface area contributed by atoms with Gasteiger partial charge in [0.05, 0.1) is 0 Å². The number of rotatable bonds is 5. The first kappa shape index (κ1) is 15.5. The summed E-state index contributed by atoms with van der Waals surface area (Å²) in [7, 11) is 0. The van der Waals surface area contributed by atoms with E-state index in [1.54, 1.807) is 12.3 Å². The molecule has 25 heavy (non-hydrogen) atoms. The van der Waals surface area contributed by atoms with E-state index in [4.69, 9.17) is 9.47 Å². The average Bonchev–Trinajstić information content (AvgIpc) is 3.08. The molecule has 128 valence electrons. The molecular weight excluding hydrogens is 318 g/mol. The number of hydrogen-bond acceptors (Lipinski definition) is 4. The van der Waals surface area contributed by atoms with E-state index in [-0.39, 0.29) is 12.5 Å². The van der Waals surface area contributed by atoms with Gasteiger partial charge < -0.3 is 19.4 Å². The summed E-state index contributed by atoms with van der Waals surface area (Å²) in [6.45, 7) is 1.60. The molecule has 0 aliphatic carbocycles. The highest BCUT2D eigenvalue weighted by Crippen LogP contribution is 2.30. The Bertz CT molecular complexity index is 890. The molecule has 1 atom stereocenters. The van der Waals surface area contributed by atoms with Crippen LogP contribution in [0.25, 0.3) is 11.0 Å². The van der Waals surface area contributed by atoms with E-state index >= 15 is 0 Å². The van der Waals surface area contributed by atoms with Gasteiger partial charge in [-0.25, -0.2) is 4.98 Å². The number of aromatic nitrogens is 2. The Morgan fingerprint density at radius 3 is 3.00 bits per heavy atom. The Kier molecular flexibility index (Phi) is 4.24. The predicted molar refractivity (Wildman–Crippen MR) is 93.7 cm³/mol. The van der Waals surface area contributed by atoms with E-state index in [1.165, 1.54) is 0 Å². The molecule has 0 bridgehead atoms. The molecule has 0 saturated heterocycles. The molecule has 1 aliphatic heterocycles. The molecule has 0 unspecified atom stereocenters. The Morgan fingerprint density at radius 1 is 1.20 bits per heavy atom. The van der Waals surface area contributed by atoms with Crippen LogP contribution < -0.4 is 14.8 Å². The molecule has 6 nitrogen and oxygen atoms in total. The van der Waals surface area contributed by atoms with Crippen LogP contribution in [0.2, 0.25) is 0 Å². The van der Waals surface area contributed by atoms with Gasteiger partial charge in [0.1, 0.15) is 12.3 Å². The number of carbonyl (C=O) groups is 1. The zero-order valence-corrected chi connectivity index (χ0v) is 13.7. The maximum Gasteiger partial charge on any atom is 0.264 e. The van der Waals surface area contributed by atoms with E-state index < -0.39 is 6.10 Å². The molecule has 0 saturated carbocycles. The molecule has 6 heteroatoms. The highest BCUT2D eigenvalue weighted by atomic mass is 16.6. The summed E-state index contributed by atoms with van der Waals surface area (Å²) in [5, 5.41) is 4.04. The molecule has 0 spiro atoms. The number of nitrogens with zero attached hydrogens (tertiary/aromatic N) is 2. The monoisotopic (exact) mass is 337 g/mol. The molecule has 1 N–H and O–H groups in total. The van der Waals surface area contributed by atoms with Gasteiger partial charge in [-0.3, -0.25) is 4.79 Å². The van der Waals surface area contributed by atoms with Crippen LogP contribution in [0.1, 0.15) is 6.42 Å². The van der Waals surface area contributed by atoms with Crippen molar-refractivity contribution < 1.29 is 14.3 Å². The third-order valence-corrected chi connectivity index (χ3v) is 4.20. The van der Waals surface area contributed by atoms with Crippen molar-refractivity contribution in [2.45, 2.75) is 19.1 Å². The fourth-order valence-corrected chi connectivity index (χ4v) is 2.92. The van der Waals surface area contributed by atoms with Gasteiger partial charge in [-0.15, -0.1) is 0 Å². The first-order valence-electron chi connectivity index (χ1n) is 8.37. The van der Waals surface area contributed by atoms with Crippen molar-refractivity contribution in [2.75, 3.05) is 13.2 Å². The van der Waals surface area contributed by atoms with Crippen molar-refractivity contribution in [1.82, 2.24) is 14.9 Å². The second kappa shape index (κ2) is 6.84. The molecular formula is C19H19N3O3. The molecule has 0 fully saturated rings. The van der Waals surface area contributed by atoms with Gasteiger partial charge >= 0.3 is 0 Å². The lowest BCUT2D eigenvalue weighted by atomic mass is 10.2. The Hall–Kier alpha value is -3.02. The SMILES string of the molecule is O=C(NCCCn1ccc2cccnc21)[C@@H]1COc2ccccc2O1. The lowest BCUT2D eigenvalue weighted by Crippen LogP contribution is -2.44. The zero-order chi connectivity index (χ0) is 17.1. The summed E-state index contributed by atoms with van der Waals surface area (Å²) in [5.74, 6) is 1.14. The molecule has 3 aromatic rings. The Balaban J connectivity index is 1.27. The molecule has 3 heterocycles. The second-order valence-corrected chi connectivity index (χ2v) is 5.93. The minimum Gasteiger partial charge on any atom is -0.485 e. The molecule has 2 aromatic heterocycles. The molecule has 1 aliphatic rings. The number of fused-ring (bicyclic) bond motifs is 2. The van der Waals surface area contributed by atoms with E-state index in [0.29, 0.717) is 18.0 Å². The lowest BCUT2D eigenvalue weighted by Gasteiger charge is -2.25. The molecule has 1 aromatic carbocycles. The third kappa shape index (κ3) is 3.28. The van der Waals surface area contributed by atoms with Crippen molar-refractivity contribution in [3.05, 3.63) is 54.9 Å². The summed E-state index contributed by atoms with van der Waals surface area (Å²) in [6, 6.07) is 13.4. The van der Waals surface area contributed by atoms with Crippen molar-refractivity contribution in [3.63, 3.8) is 0 Å². The average molecular weight is 337 g/mol. The van der Waals surface area contributed by atoms with E-state index in [2.05, 4.69) is 14.9 Å².